The summed E-state index contributed by atoms with van der Waals surface area (Å²) in [6.07, 6.45) is 17.8. The molecule has 4 N–H and O–H groups in total. The molecule has 5 heteroatoms. The van der Waals surface area contributed by atoms with Crippen LogP contribution in [0.4, 0.5) is 0 Å². The molecule has 3 unspecified atom stereocenters. The molecule has 0 aliphatic carbocycles. The zero-order chi connectivity index (χ0) is 29.3. The van der Waals surface area contributed by atoms with Crippen molar-refractivity contribution < 1.29 is 9.59 Å². The minimum absolute atomic E-state index is 0.0774. The Morgan fingerprint density at radius 2 is 1.41 bits per heavy atom. The van der Waals surface area contributed by atoms with Gasteiger partial charge >= 0.3 is 0 Å². The molecule has 4 rings (SSSR count). The second-order valence-electron chi connectivity index (χ2n) is 11.8. The summed E-state index contributed by atoms with van der Waals surface area (Å²) in [6.45, 7) is 4.35. The average molecular weight is 560 g/mol. The van der Waals surface area contributed by atoms with Crippen molar-refractivity contribution in [3.8, 4) is 11.3 Å². The molecule has 2 heterocycles. The lowest BCUT2D eigenvalue weighted by Gasteiger charge is -2.24. The number of unbranched alkanes of at least 4 members (excludes halogenated alkanes) is 10. The molecule has 0 bridgehead atoms. The lowest BCUT2D eigenvalue weighted by molar-refractivity contribution is -0.126. The summed E-state index contributed by atoms with van der Waals surface area (Å²) in [7, 11) is 0. The third kappa shape index (κ3) is 11.5. The molecule has 2 aromatic carbocycles. The first kappa shape index (κ1) is 32.6. The second-order valence-corrected chi connectivity index (χ2v) is 11.8. The maximum Gasteiger partial charge on any atom is 0.230 e. The number of carbonyl (C=O) groups excluding carboxylic acids is 2. The maximum absolute atomic E-state index is 12.0. The smallest absolute Gasteiger partial charge is 0.230 e. The molecule has 1 aliphatic heterocycles. The van der Waals surface area contributed by atoms with E-state index in [4.69, 9.17) is 5.73 Å². The van der Waals surface area contributed by atoms with Gasteiger partial charge in [0.25, 0.3) is 0 Å². The molecule has 5 nitrogen and oxygen atoms in total. The normalized spacial score (nSPS) is 16.3. The van der Waals surface area contributed by atoms with E-state index in [0.29, 0.717) is 6.42 Å². The molecule has 3 atom stereocenters. The first-order valence-electron chi connectivity index (χ1n) is 16.2. The van der Waals surface area contributed by atoms with Gasteiger partial charge in [0.2, 0.25) is 11.8 Å². The summed E-state index contributed by atoms with van der Waals surface area (Å²) in [5, 5.41) is 3.72. The van der Waals surface area contributed by atoms with Crippen molar-refractivity contribution in [2.24, 2.45) is 17.6 Å². The third-order valence-electron chi connectivity index (χ3n) is 8.50. The Hall–Kier alpha value is -2.92. The number of fused-ring (bicyclic) bond motifs is 1. The minimum Gasteiger partial charge on any atom is -0.355 e. The number of nitrogens with two attached hydrogens (primary N) is 1. The Balaban J connectivity index is 0.000000257. The highest BCUT2D eigenvalue weighted by molar-refractivity contribution is 6.03. The van der Waals surface area contributed by atoms with Crippen molar-refractivity contribution in [1.29, 1.82) is 0 Å². The summed E-state index contributed by atoms with van der Waals surface area (Å²) in [5.74, 6) is -0.0847. The highest BCUT2D eigenvalue weighted by Gasteiger charge is 2.36. The molecule has 0 spiro atoms. The highest BCUT2D eigenvalue weighted by atomic mass is 16.2. The summed E-state index contributed by atoms with van der Waals surface area (Å²) < 4.78 is 0. The molecule has 1 saturated heterocycles. The molecule has 2 amide bonds. The van der Waals surface area contributed by atoms with Crippen LogP contribution in [-0.4, -0.2) is 22.8 Å². The van der Waals surface area contributed by atoms with Crippen LogP contribution in [0.2, 0.25) is 0 Å². The molecule has 1 fully saturated rings. The Bertz CT molecular complexity index is 1120. The van der Waals surface area contributed by atoms with Crippen LogP contribution in [0.3, 0.4) is 0 Å². The van der Waals surface area contributed by atoms with Crippen LogP contribution >= 0.6 is 0 Å². The van der Waals surface area contributed by atoms with Crippen LogP contribution in [0.15, 0.2) is 60.7 Å². The van der Waals surface area contributed by atoms with Gasteiger partial charge in [-0.2, -0.15) is 0 Å². The third-order valence-corrected chi connectivity index (χ3v) is 8.50. The van der Waals surface area contributed by atoms with Crippen molar-refractivity contribution in [1.82, 2.24) is 10.3 Å². The number of carbonyl (C=O) groups is 2. The molecule has 0 saturated carbocycles. The quantitative estimate of drug-likeness (QED) is 0.114. The first-order valence-corrected chi connectivity index (χ1v) is 16.2. The van der Waals surface area contributed by atoms with E-state index in [0.717, 1.165) is 25.7 Å². The van der Waals surface area contributed by atoms with Crippen LogP contribution in [0.25, 0.3) is 22.2 Å². The number of benzene rings is 2. The van der Waals surface area contributed by atoms with Gasteiger partial charge in [0, 0.05) is 35.0 Å². The van der Waals surface area contributed by atoms with Crippen molar-refractivity contribution >= 4 is 22.7 Å². The summed E-state index contributed by atoms with van der Waals surface area (Å²) in [4.78, 5) is 27.0. The van der Waals surface area contributed by atoms with Crippen LogP contribution in [0, 0.1) is 11.8 Å². The standard InChI is InChI=1S/C22H42N2O2.C14H11N/c1-3-5-6-7-8-9-10-11-12-13-14-15-18(16-19(23)4-2)20-17-21(25)24-22(20)26;1-2-6-11(7-3-1)14-10-12-8-4-5-9-13(12)15-14/h18-20H,3-17,23H2,1-2H3,(H,24,25,26);1-10,15H. The van der Waals surface area contributed by atoms with Gasteiger partial charge in [-0.3, -0.25) is 14.9 Å². The van der Waals surface area contributed by atoms with Crippen LogP contribution in [-0.2, 0) is 9.59 Å². The fraction of sp³-hybridized carbons (Fsp3) is 0.556. The zero-order valence-electron chi connectivity index (χ0n) is 25.5. The van der Waals surface area contributed by atoms with Crippen LogP contribution in [0.5, 0.6) is 0 Å². The second kappa shape index (κ2) is 18.5. The van der Waals surface area contributed by atoms with Crippen molar-refractivity contribution in [2.45, 2.75) is 116 Å². The van der Waals surface area contributed by atoms with E-state index in [1.54, 1.807) is 0 Å². The van der Waals surface area contributed by atoms with Crippen molar-refractivity contribution in [3.05, 3.63) is 60.7 Å². The molecule has 3 aromatic rings. The summed E-state index contributed by atoms with van der Waals surface area (Å²) >= 11 is 0. The largest absolute Gasteiger partial charge is 0.355 e. The number of aromatic nitrogens is 1. The summed E-state index contributed by atoms with van der Waals surface area (Å²) in [5.41, 5.74) is 9.73. The molecule has 0 radical (unpaired) electrons. The Kier molecular flexibility index (Phi) is 14.7. The highest BCUT2D eigenvalue weighted by Crippen LogP contribution is 2.30. The number of amides is 2. The van der Waals surface area contributed by atoms with Crippen molar-refractivity contribution in [3.63, 3.8) is 0 Å². The zero-order valence-corrected chi connectivity index (χ0v) is 25.5. The van der Waals surface area contributed by atoms with Gasteiger partial charge in [-0.25, -0.2) is 0 Å². The predicted molar refractivity (Wildman–Crippen MR) is 172 cm³/mol. The number of hydrogen-bond acceptors (Lipinski definition) is 3. The van der Waals surface area contributed by atoms with Gasteiger partial charge in [0.15, 0.2) is 0 Å². The van der Waals surface area contributed by atoms with Gasteiger partial charge < -0.3 is 10.7 Å². The fourth-order valence-corrected chi connectivity index (χ4v) is 5.91. The number of nitrogens with one attached hydrogen (secondary N) is 2. The Labute approximate surface area is 248 Å². The Morgan fingerprint density at radius 3 is 2.00 bits per heavy atom. The van der Waals surface area contributed by atoms with E-state index in [2.05, 4.69) is 72.7 Å². The van der Waals surface area contributed by atoms with Crippen LogP contribution < -0.4 is 11.1 Å². The minimum atomic E-state index is -0.150. The number of H-pyrrole nitrogens is 1. The van der Waals surface area contributed by atoms with E-state index in [1.165, 1.54) is 86.4 Å². The molecule has 1 aromatic heterocycles. The number of aromatic amines is 1. The van der Waals surface area contributed by atoms with E-state index < -0.39 is 0 Å². The topological polar surface area (TPSA) is 88.0 Å². The monoisotopic (exact) mass is 559 g/mol. The fourth-order valence-electron chi connectivity index (χ4n) is 5.91. The molecular formula is C36H53N3O2. The average Bonchev–Trinajstić information content (AvgIpc) is 3.58. The van der Waals surface area contributed by atoms with E-state index >= 15 is 0 Å². The molecule has 41 heavy (non-hydrogen) atoms. The Morgan fingerprint density at radius 1 is 0.805 bits per heavy atom. The number of hydrogen-bond donors (Lipinski definition) is 3. The van der Waals surface area contributed by atoms with Gasteiger partial charge in [0.05, 0.1) is 0 Å². The van der Waals surface area contributed by atoms with E-state index in [9.17, 15) is 9.59 Å². The number of para-hydroxylation sites is 1. The van der Waals surface area contributed by atoms with Gasteiger partial charge in [0.1, 0.15) is 0 Å². The molecule has 1 aliphatic rings. The molecular weight excluding hydrogens is 506 g/mol. The lowest BCUT2D eigenvalue weighted by atomic mass is 9.81. The van der Waals surface area contributed by atoms with E-state index in [-0.39, 0.29) is 29.7 Å². The van der Waals surface area contributed by atoms with Gasteiger partial charge in [-0.1, -0.05) is 133 Å². The number of imide groups is 1. The van der Waals surface area contributed by atoms with E-state index in [1.807, 2.05) is 12.1 Å². The summed E-state index contributed by atoms with van der Waals surface area (Å²) in [6, 6.07) is 21.0. The maximum atomic E-state index is 12.0. The first-order chi connectivity index (χ1) is 20.0. The SMILES string of the molecule is CCCCCCCCCCCCCC(CC(N)CC)C1CC(=O)NC1=O.c1ccc(-c2cc3ccccc3[nH]2)cc1. The van der Waals surface area contributed by atoms with Gasteiger partial charge in [-0.15, -0.1) is 0 Å². The van der Waals surface area contributed by atoms with Gasteiger partial charge in [-0.05, 0) is 42.9 Å². The lowest BCUT2D eigenvalue weighted by Crippen LogP contribution is -2.31. The number of rotatable bonds is 17. The molecule has 224 valence electrons. The van der Waals surface area contributed by atoms with Crippen LogP contribution in [0.1, 0.15) is 110 Å². The predicted octanol–water partition coefficient (Wildman–Crippen LogP) is 8.93. The van der Waals surface area contributed by atoms with Crippen molar-refractivity contribution in [2.75, 3.05) is 0 Å².